The van der Waals surface area contributed by atoms with Crippen LogP contribution < -0.4 is 5.43 Å². The molecule has 1 saturated heterocycles. The van der Waals surface area contributed by atoms with Gasteiger partial charge in [0, 0.05) is 12.1 Å². The van der Waals surface area contributed by atoms with Crippen molar-refractivity contribution in [2.24, 2.45) is 0 Å². The third-order valence-corrected chi connectivity index (χ3v) is 4.78. The Labute approximate surface area is 121 Å². The molecule has 2 aromatic rings. The molecule has 2 unspecified atom stereocenters. The molecule has 0 spiro atoms. The molecule has 0 amide bonds. The van der Waals surface area contributed by atoms with Crippen LogP contribution in [0.1, 0.15) is 33.1 Å². The summed E-state index contributed by atoms with van der Waals surface area (Å²) < 4.78 is 1.06. The number of hydrazine groups is 1. The van der Waals surface area contributed by atoms with Gasteiger partial charge in [0.25, 0.3) is 0 Å². The van der Waals surface area contributed by atoms with E-state index in [9.17, 15) is 0 Å². The second-order valence-electron chi connectivity index (χ2n) is 5.12. The lowest BCUT2D eigenvalue weighted by atomic mass is 10.00. The Bertz CT molecular complexity index is 575. The van der Waals surface area contributed by atoms with Crippen molar-refractivity contribution in [1.29, 1.82) is 0 Å². The van der Waals surface area contributed by atoms with Crippen LogP contribution >= 0.6 is 22.9 Å². The van der Waals surface area contributed by atoms with Crippen LogP contribution in [0, 0.1) is 0 Å². The molecule has 0 aromatic carbocycles. The number of nitrogens with one attached hydrogen (secondary N) is 1. The predicted octanol–water partition coefficient (Wildman–Crippen LogP) is 3.93. The number of nitrogens with zero attached hydrogens (tertiary/aromatic N) is 3. The maximum Gasteiger partial charge on any atom is 0.225 e. The van der Waals surface area contributed by atoms with Gasteiger partial charge in [-0.3, -0.25) is 0 Å². The molecular formula is C13H17ClN4S. The average Bonchev–Trinajstić information content (AvgIpc) is 2.81. The molecule has 0 radical (unpaired) electrons. The number of thiophene rings is 1. The number of halogens is 1. The van der Waals surface area contributed by atoms with Crippen molar-refractivity contribution >= 4 is 39.0 Å². The van der Waals surface area contributed by atoms with Crippen LogP contribution in [-0.4, -0.2) is 27.1 Å². The van der Waals surface area contributed by atoms with Gasteiger partial charge >= 0.3 is 0 Å². The van der Waals surface area contributed by atoms with Gasteiger partial charge in [-0.15, -0.1) is 11.3 Å². The Morgan fingerprint density at radius 1 is 1.32 bits per heavy atom. The maximum atomic E-state index is 6.00. The van der Waals surface area contributed by atoms with E-state index in [4.69, 9.17) is 11.6 Å². The van der Waals surface area contributed by atoms with Gasteiger partial charge in [0.2, 0.25) is 5.28 Å². The van der Waals surface area contributed by atoms with Crippen LogP contribution in [0.5, 0.6) is 0 Å². The Balaban J connectivity index is 1.93. The van der Waals surface area contributed by atoms with Gasteiger partial charge in [-0.2, -0.15) is 4.98 Å². The zero-order chi connectivity index (χ0) is 13.4. The highest BCUT2D eigenvalue weighted by molar-refractivity contribution is 7.17. The molecule has 1 aliphatic rings. The Hall–Kier alpha value is -0.910. The molecule has 3 heterocycles. The van der Waals surface area contributed by atoms with Gasteiger partial charge < -0.3 is 5.43 Å². The summed E-state index contributed by atoms with van der Waals surface area (Å²) in [4.78, 5) is 8.58. The summed E-state index contributed by atoms with van der Waals surface area (Å²) in [6.07, 6.45) is 3.72. The Morgan fingerprint density at radius 3 is 2.79 bits per heavy atom. The second-order valence-corrected chi connectivity index (χ2v) is 6.38. The van der Waals surface area contributed by atoms with Crippen LogP contribution in [0.15, 0.2) is 11.4 Å². The molecule has 6 heteroatoms. The van der Waals surface area contributed by atoms with Crippen LogP contribution in [0.2, 0.25) is 5.28 Å². The summed E-state index contributed by atoms with van der Waals surface area (Å²) >= 11 is 7.64. The maximum absolute atomic E-state index is 6.00. The minimum absolute atomic E-state index is 0.297. The fourth-order valence-corrected chi connectivity index (χ4v) is 3.62. The van der Waals surface area contributed by atoms with E-state index in [0.29, 0.717) is 17.4 Å². The van der Waals surface area contributed by atoms with Crippen molar-refractivity contribution in [3.05, 3.63) is 16.7 Å². The molecule has 102 valence electrons. The molecule has 19 heavy (non-hydrogen) atoms. The van der Waals surface area contributed by atoms with Crippen molar-refractivity contribution < 1.29 is 0 Å². The number of fused-ring (bicyclic) bond motifs is 1. The molecule has 2 aromatic heterocycles. The van der Waals surface area contributed by atoms with Crippen LogP contribution in [0.3, 0.4) is 0 Å². The molecule has 3 rings (SSSR count). The Kier molecular flexibility index (Phi) is 3.60. The van der Waals surface area contributed by atoms with Crippen LogP contribution in [0.25, 0.3) is 10.2 Å². The first-order valence-corrected chi connectivity index (χ1v) is 7.86. The zero-order valence-electron chi connectivity index (χ0n) is 11.1. The van der Waals surface area contributed by atoms with Crippen molar-refractivity contribution in [1.82, 2.24) is 15.0 Å². The van der Waals surface area contributed by atoms with Gasteiger partial charge in [-0.1, -0.05) is 6.42 Å². The van der Waals surface area contributed by atoms with E-state index in [0.717, 1.165) is 16.0 Å². The summed E-state index contributed by atoms with van der Waals surface area (Å²) in [5, 5.41) is 4.61. The molecule has 1 fully saturated rings. The van der Waals surface area contributed by atoms with E-state index in [2.05, 4.69) is 34.3 Å². The minimum Gasteiger partial charge on any atom is -0.301 e. The third kappa shape index (κ3) is 2.55. The highest BCUT2D eigenvalue weighted by atomic mass is 35.5. The monoisotopic (exact) mass is 296 g/mol. The molecule has 1 aliphatic heterocycles. The van der Waals surface area contributed by atoms with E-state index in [1.165, 1.54) is 19.3 Å². The van der Waals surface area contributed by atoms with E-state index < -0.39 is 0 Å². The highest BCUT2D eigenvalue weighted by Gasteiger charge is 2.25. The van der Waals surface area contributed by atoms with Crippen molar-refractivity contribution in [2.45, 2.75) is 45.2 Å². The smallest absolute Gasteiger partial charge is 0.225 e. The number of hydrogen-bond donors (Lipinski definition) is 1. The fourth-order valence-electron chi connectivity index (χ4n) is 2.67. The first kappa shape index (κ1) is 13.1. The molecule has 0 bridgehead atoms. The Morgan fingerprint density at radius 2 is 2.05 bits per heavy atom. The summed E-state index contributed by atoms with van der Waals surface area (Å²) in [7, 11) is 0. The second kappa shape index (κ2) is 5.23. The topological polar surface area (TPSA) is 41.0 Å². The standard InChI is InChI=1S/C13H17ClN4S/c1-8-4-3-5-9(2)18(8)17-12-11-10(6-7-19-11)15-13(14)16-12/h6-9H,3-5H2,1-2H3,(H,15,16,17). The number of rotatable bonds is 2. The predicted molar refractivity (Wildman–Crippen MR) is 80.7 cm³/mol. The van der Waals surface area contributed by atoms with E-state index >= 15 is 0 Å². The molecule has 4 nitrogen and oxygen atoms in total. The summed E-state index contributed by atoms with van der Waals surface area (Å²) in [6.45, 7) is 4.49. The lowest BCUT2D eigenvalue weighted by Gasteiger charge is -2.39. The zero-order valence-corrected chi connectivity index (χ0v) is 12.6. The molecule has 0 saturated carbocycles. The lowest BCUT2D eigenvalue weighted by molar-refractivity contribution is 0.135. The van der Waals surface area contributed by atoms with Crippen molar-refractivity contribution in [3.8, 4) is 0 Å². The number of piperidine rings is 1. The van der Waals surface area contributed by atoms with E-state index in [1.807, 2.05) is 11.4 Å². The van der Waals surface area contributed by atoms with Crippen LogP contribution in [-0.2, 0) is 0 Å². The van der Waals surface area contributed by atoms with Gasteiger partial charge in [-0.05, 0) is 49.7 Å². The van der Waals surface area contributed by atoms with E-state index in [-0.39, 0.29) is 0 Å². The highest BCUT2D eigenvalue weighted by Crippen LogP contribution is 2.30. The third-order valence-electron chi connectivity index (χ3n) is 3.70. The van der Waals surface area contributed by atoms with Gasteiger partial charge in [0.1, 0.15) is 0 Å². The average molecular weight is 297 g/mol. The molecule has 1 N–H and O–H groups in total. The van der Waals surface area contributed by atoms with Crippen molar-refractivity contribution in [2.75, 3.05) is 5.43 Å². The van der Waals surface area contributed by atoms with Crippen LogP contribution in [0.4, 0.5) is 5.82 Å². The van der Waals surface area contributed by atoms with Gasteiger partial charge in [0.05, 0.1) is 10.2 Å². The van der Waals surface area contributed by atoms with Crippen molar-refractivity contribution in [3.63, 3.8) is 0 Å². The van der Waals surface area contributed by atoms with E-state index in [1.54, 1.807) is 11.3 Å². The first-order valence-electron chi connectivity index (χ1n) is 6.61. The number of anilines is 1. The molecule has 2 atom stereocenters. The lowest BCUT2D eigenvalue weighted by Crippen LogP contribution is -2.47. The SMILES string of the molecule is CC1CCCC(C)N1Nc1nc(Cl)nc2ccsc12. The quantitative estimate of drug-likeness (QED) is 0.853. The fraction of sp³-hybridized carbons (Fsp3) is 0.538. The summed E-state index contributed by atoms with van der Waals surface area (Å²) in [6, 6.07) is 2.99. The molecule has 0 aliphatic carbocycles. The minimum atomic E-state index is 0.297. The molecular weight excluding hydrogens is 280 g/mol. The number of hydrogen-bond acceptors (Lipinski definition) is 5. The summed E-state index contributed by atoms with van der Waals surface area (Å²) in [5.41, 5.74) is 4.37. The normalized spacial score (nSPS) is 24.8. The first-order chi connectivity index (χ1) is 9.15. The number of aromatic nitrogens is 2. The summed E-state index contributed by atoms with van der Waals surface area (Å²) in [5.74, 6) is 0.825. The van der Waals surface area contributed by atoms with Gasteiger partial charge in [0.15, 0.2) is 5.82 Å². The largest absolute Gasteiger partial charge is 0.301 e. The van der Waals surface area contributed by atoms with Gasteiger partial charge in [-0.25, -0.2) is 9.99 Å².